The van der Waals surface area contributed by atoms with Crippen LogP contribution in [0.25, 0.3) is 4.96 Å². The van der Waals surface area contributed by atoms with Crippen LogP contribution in [0.15, 0.2) is 11.6 Å². The minimum atomic E-state index is 0.261. The molecule has 0 saturated carbocycles. The van der Waals surface area contributed by atoms with Crippen molar-refractivity contribution in [3.05, 3.63) is 17.3 Å². The quantitative estimate of drug-likeness (QED) is 0.862. The van der Waals surface area contributed by atoms with Crippen molar-refractivity contribution in [2.45, 2.75) is 45.9 Å². The van der Waals surface area contributed by atoms with Gasteiger partial charge in [0.2, 0.25) is 0 Å². The molecule has 5 nitrogen and oxygen atoms in total. The summed E-state index contributed by atoms with van der Waals surface area (Å²) < 4.78 is 7.96. The van der Waals surface area contributed by atoms with Gasteiger partial charge in [0.05, 0.1) is 24.4 Å². The van der Waals surface area contributed by atoms with Crippen LogP contribution in [0, 0.1) is 0 Å². The fraction of sp³-hybridized carbons (Fsp3) is 0.667. The van der Waals surface area contributed by atoms with Gasteiger partial charge in [-0.3, -0.25) is 4.40 Å². The summed E-state index contributed by atoms with van der Waals surface area (Å²) in [6.07, 6.45) is 3.53. The van der Waals surface area contributed by atoms with Crippen LogP contribution in [0.3, 0.4) is 0 Å². The summed E-state index contributed by atoms with van der Waals surface area (Å²) >= 11 is 1.69. The van der Waals surface area contributed by atoms with Crippen molar-refractivity contribution in [2.24, 2.45) is 0 Å². The fourth-order valence-electron chi connectivity index (χ4n) is 2.80. The van der Waals surface area contributed by atoms with E-state index in [1.807, 2.05) is 0 Å². The zero-order valence-corrected chi connectivity index (χ0v) is 13.8. The highest BCUT2D eigenvalue weighted by Gasteiger charge is 2.28. The first kappa shape index (κ1) is 14.8. The third-order valence-electron chi connectivity index (χ3n) is 3.94. The number of rotatable bonds is 5. The fourth-order valence-corrected chi connectivity index (χ4v) is 3.53. The van der Waals surface area contributed by atoms with E-state index in [4.69, 9.17) is 9.72 Å². The van der Waals surface area contributed by atoms with Gasteiger partial charge in [-0.25, -0.2) is 4.98 Å². The molecule has 116 valence electrons. The van der Waals surface area contributed by atoms with E-state index in [9.17, 15) is 0 Å². The SMILES string of the molecule is CCCNCc1c(N2CC(C)OCC2C)nc2sccn12. The van der Waals surface area contributed by atoms with E-state index in [2.05, 4.69) is 47.0 Å². The van der Waals surface area contributed by atoms with E-state index in [1.165, 1.54) is 5.69 Å². The Bertz CT molecular complexity index is 594. The molecule has 3 heterocycles. The van der Waals surface area contributed by atoms with Crippen LogP contribution < -0.4 is 10.2 Å². The summed E-state index contributed by atoms with van der Waals surface area (Å²) in [5, 5.41) is 5.61. The number of nitrogens with zero attached hydrogens (tertiary/aromatic N) is 3. The minimum absolute atomic E-state index is 0.261. The molecule has 0 aromatic carbocycles. The predicted octanol–water partition coefficient (Wildman–Crippen LogP) is 2.51. The molecule has 2 aromatic heterocycles. The molecule has 1 aliphatic heterocycles. The smallest absolute Gasteiger partial charge is 0.195 e. The Morgan fingerprint density at radius 2 is 2.33 bits per heavy atom. The first-order valence-corrected chi connectivity index (χ1v) is 8.62. The normalized spacial score (nSPS) is 23.1. The third-order valence-corrected chi connectivity index (χ3v) is 4.70. The monoisotopic (exact) mass is 308 g/mol. The highest BCUT2D eigenvalue weighted by atomic mass is 32.1. The number of anilines is 1. The lowest BCUT2D eigenvalue weighted by Crippen LogP contribution is -2.48. The van der Waals surface area contributed by atoms with Gasteiger partial charge in [0.1, 0.15) is 0 Å². The van der Waals surface area contributed by atoms with Gasteiger partial charge in [0.15, 0.2) is 10.8 Å². The summed E-state index contributed by atoms with van der Waals surface area (Å²) in [6, 6.07) is 0.371. The number of hydrogen-bond acceptors (Lipinski definition) is 5. The zero-order chi connectivity index (χ0) is 14.8. The maximum Gasteiger partial charge on any atom is 0.195 e. The molecule has 0 amide bonds. The van der Waals surface area contributed by atoms with E-state index < -0.39 is 0 Å². The molecular formula is C15H24N4OS. The van der Waals surface area contributed by atoms with Gasteiger partial charge in [0, 0.05) is 24.7 Å². The van der Waals surface area contributed by atoms with Gasteiger partial charge in [-0.2, -0.15) is 0 Å². The summed E-state index contributed by atoms with van der Waals surface area (Å²) in [4.78, 5) is 8.35. The highest BCUT2D eigenvalue weighted by Crippen LogP contribution is 2.28. The van der Waals surface area contributed by atoms with Crippen molar-refractivity contribution in [1.29, 1.82) is 0 Å². The van der Waals surface area contributed by atoms with Crippen LogP contribution in [0.2, 0.25) is 0 Å². The Hall–Kier alpha value is -1.11. The van der Waals surface area contributed by atoms with Gasteiger partial charge in [-0.1, -0.05) is 6.92 Å². The topological polar surface area (TPSA) is 41.8 Å². The van der Waals surface area contributed by atoms with Crippen LogP contribution in [0.5, 0.6) is 0 Å². The Kier molecular flexibility index (Phi) is 4.47. The van der Waals surface area contributed by atoms with Crippen LogP contribution in [0.4, 0.5) is 5.82 Å². The molecule has 3 rings (SSSR count). The first-order valence-electron chi connectivity index (χ1n) is 7.74. The molecule has 2 aromatic rings. The average molecular weight is 308 g/mol. The number of ether oxygens (including phenoxy) is 1. The Morgan fingerprint density at radius 3 is 3.14 bits per heavy atom. The molecule has 0 spiro atoms. The standard InChI is InChI=1S/C15H24N4OS/c1-4-5-16-8-13-14(17-15-18(13)6-7-21-15)19-9-12(3)20-10-11(19)2/h6-7,11-12,16H,4-5,8-10H2,1-3H3. The molecule has 0 bridgehead atoms. The van der Waals surface area contributed by atoms with Crippen molar-refractivity contribution in [1.82, 2.24) is 14.7 Å². The summed E-state index contributed by atoms with van der Waals surface area (Å²) in [5.74, 6) is 1.12. The number of fused-ring (bicyclic) bond motifs is 1. The zero-order valence-electron chi connectivity index (χ0n) is 13.0. The number of aromatic nitrogens is 2. The van der Waals surface area contributed by atoms with Gasteiger partial charge < -0.3 is 15.0 Å². The van der Waals surface area contributed by atoms with Crippen molar-refractivity contribution in [2.75, 3.05) is 24.6 Å². The number of morpholine rings is 1. The second-order valence-corrected chi connectivity index (χ2v) is 6.63. The Morgan fingerprint density at radius 1 is 1.48 bits per heavy atom. The van der Waals surface area contributed by atoms with Gasteiger partial charge in [-0.15, -0.1) is 11.3 Å². The van der Waals surface area contributed by atoms with Crippen molar-refractivity contribution < 1.29 is 4.74 Å². The molecule has 1 aliphatic rings. The van der Waals surface area contributed by atoms with E-state index in [0.29, 0.717) is 6.04 Å². The van der Waals surface area contributed by atoms with Gasteiger partial charge >= 0.3 is 0 Å². The molecule has 21 heavy (non-hydrogen) atoms. The molecule has 0 radical (unpaired) electrons. The van der Waals surface area contributed by atoms with Gasteiger partial charge in [-0.05, 0) is 26.8 Å². The van der Waals surface area contributed by atoms with E-state index in [0.717, 1.165) is 43.4 Å². The minimum Gasteiger partial charge on any atom is -0.375 e. The Labute approximate surface area is 129 Å². The lowest BCUT2D eigenvalue weighted by molar-refractivity contribution is 0.0340. The molecule has 6 heteroatoms. The van der Waals surface area contributed by atoms with E-state index in [-0.39, 0.29) is 6.10 Å². The number of hydrogen-bond donors (Lipinski definition) is 1. The van der Waals surface area contributed by atoms with Crippen molar-refractivity contribution in [3.8, 4) is 0 Å². The first-order chi connectivity index (χ1) is 10.2. The molecular weight excluding hydrogens is 284 g/mol. The van der Waals surface area contributed by atoms with Crippen LogP contribution in [0.1, 0.15) is 32.9 Å². The molecule has 2 unspecified atom stereocenters. The van der Waals surface area contributed by atoms with E-state index >= 15 is 0 Å². The largest absolute Gasteiger partial charge is 0.375 e. The van der Waals surface area contributed by atoms with Crippen LogP contribution in [-0.4, -0.2) is 41.2 Å². The number of nitrogens with one attached hydrogen (secondary N) is 1. The third kappa shape index (κ3) is 2.93. The Balaban J connectivity index is 1.92. The summed E-state index contributed by atoms with van der Waals surface area (Å²) in [7, 11) is 0. The highest BCUT2D eigenvalue weighted by molar-refractivity contribution is 7.15. The molecule has 2 atom stereocenters. The maximum absolute atomic E-state index is 5.75. The van der Waals surface area contributed by atoms with Crippen molar-refractivity contribution >= 4 is 22.1 Å². The van der Waals surface area contributed by atoms with Gasteiger partial charge in [0.25, 0.3) is 0 Å². The summed E-state index contributed by atoms with van der Waals surface area (Å²) in [6.45, 7) is 10.1. The second kappa shape index (κ2) is 6.34. The lowest BCUT2D eigenvalue weighted by Gasteiger charge is -2.37. The van der Waals surface area contributed by atoms with Crippen molar-refractivity contribution in [3.63, 3.8) is 0 Å². The van der Waals surface area contributed by atoms with Crippen LogP contribution >= 0.6 is 11.3 Å². The molecule has 1 saturated heterocycles. The summed E-state index contributed by atoms with van der Waals surface area (Å²) in [5.41, 5.74) is 1.26. The molecule has 1 N–H and O–H groups in total. The average Bonchev–Trinajstić information content (AvgIpc) is 3.04. The second-order valence-electron chi connectivity index (χ2n) is 5.76. The van der Waals surface area contributed by atoms with E-state index in [1.54, 1.807) is 11.3 Å². The predicted molar refractivity (Wildman–Crippen MR) is 87.3 cm³/mol. The maximum atomic E-state index is 5.75. The lowest BCUT2D eigenvalue weighted by atomic mass is 10.2. The molecule has 1 fully saturated rings. The number of thiazole rings is 1. The molecule has 0 aliphatic carbocycles. The van der Waals surface area contributed by atoms with Crippen LogP contribution in [-0.2, 0) is 11.3 Å². The number of imidazole rings is 1.